The molecule has 0 spiro atoms. The number of carbonyl (C=O) groups is 2. The van der Waals surface area contributed by atoms with Crippen molar-refractivity contribution in [3.63, 3.8) is 0 Å². The van der Waals surface area contributed by atoms with Crippen molar-refractivity contribution in [2.75, 3.05) is 19.7 Å². The summed E-state index contributed by atoms with van der Waals surface area (Å²) in [5.41, 5.74) is 0.00429. The van der Waals surface area contributed by atoms with Gasteiger partial charge in [-0.1, -0.05) is 32.9 Å². The van der Waals surface area contributed by atoms with Gasteiger partial charge in [0.25, 0.3) is 10.0 Å². The van der Waals surface area contributed by atoms with Crippen LogP contribution in [-0.2, 0) is 24.3 Å². The normalized spacial score (nSPS) is 21.4. The molecule has 0 radical (unpaired) electrons. The number of esters is 1. The fourth-order valence-electron chi connectivity index (χ4n) is 3.15. The Hall–Kier alpha value is -2.22. The Bertz CT molecular complexity index is 899. The second-order valence-corrected chi connectivity index (χ2v) is 9.52. The maximum atomic E-state index is 12.4. The van der Waals surface area contributed by atoms with Crippen LogP contribution in [0.15, 0.2) is 33.6 Å². The van der Waals surface area contributed by atoms with Crippen LogP contribution < -0.4 is 0 Å². The first-order valence-corrected chi connectivity index (χ1v) is 10.4. The molecule has 1 aromatic carbocycles. The smallest absolute Gasteiger partial charge is 0.311 e. The lowest BCUT2D eigenvalue weighted by Crippen LogP contribution is -2.43. The van der Waals surface area contributed by atoms with Crippen molar-refractivity contribution in [2.45, 2.75) is 38.5 Å². The van der Waals surface area contributed by atoms with Gasteiger partial charge in [-0.25, -0.2) is 0 Å². The summed E-state index contributed by atoms with van der Waals surface area (Å²) in [6.45, 7) is 6.04. The van der Waals surface area contributed by atoms with Gasteiger partial charge in [0.15, 0.2) is 18.2 Å². The van der Waals surface area contributed by atoms with Gasteiger partial charge >= 0.3 is 5.97 Å². The first kappa shape index (κ1) is 19.5. The van der Waals surface area contributed by atoms with E-state index in [2.05, 4.69) is 4.40 Å². The molecule has 1 saturated heterocycles. The maximum Gasteiger partial charge on any atom is 0.311 e. The van der Waals surface area contributed by atoms with Gasteiger partial charge in [-0.15, -0.1) is 4.40 Å². The number of benzene rings is 1. The number of nitrogens with zero attached hydrogens (tertiary/aromatic N) is 2. The minimum Gasteiger partial charge on any atom is -0.457 e. The van der Waals surface area contributed by atoms with Crippen molar-refractivity contribution in [3.8, 4) is 0 Å². The number of hydrogen-bond acceptors (Lipinski definition) is 6. The van der Waals surface area contributed by atoms with Crippen molar-refractivity contribution in [1.82, 2.24) is 4.90 Å². The van der Waals surface area contributed by atoms with Crippen LogP contribution in [0.3, 0.4) is 0 Å². The van der Waals surface area contributed by atoms with Crippen molar-refractivity contribution in [2.24, 2.45) is 15.7 Å². The van der Waals surface area contributed by atoms with Gasteiger partial charge < -0.3 is 9.64 Å². The van der Waals surface area contributed by atoms with E-state index in [9.17, 15) is 18.0 Å². The van der Waals surface area contributed by atoms with Crippen LogP contribution >= 0.6 is 0 Å². The zero-order chi connectivity index (χ0) is 19.8. The summed E-state index contributed by atoms with van der Waals surface area (Å²) < 4.78 is 33.6. The highest BCUT2D eigenvalue weighted by Crippen LogP contribution is 2.30. The van der Waals surface area contributed by atoms with Gasteiger partial charge in [0.2, 0.25) is 0 Å². The predicted octanol–water partition coefficient (Wildman–Crippen LogP) is 2.01. The molecule has 0 saturated carbocycles. The summed E-state index contributed by atoms with van der Waals surface area (Å²) >= 11 is 0. The van der Waals surface area contributed by atoms with E-state index in [0.717, 1.165) is 0 Å². The van der Waals surface area contributed by atoms with Gasteiger partial charge in [0, 0.05) is 24.1 Å². The summed E-state index contributed by atoms with van der Waals surface area (Å²) in [7, 11) is -3.69. The summed E-state index contributed by atoms with van der Waals surface area (Å²) in [4.78, 5) is 26.4. The molecule has 146 valence electrons. The third kappa shape index (κ3) is 4.05. The Morgan fingerprint density at radius 1 is 1.26 bits per heavy atom. The van der Waals surface area contributed by atoms with Crippen molar-refractivity contribution >= 4 is 27.6 Å². The number of carbonyl (C=O) groups excluding carboxylic acids is 2. The quantitative estimate of drug-likeness (QED) is 0.731. The molecule has 1 fully saturated rings. The van der Waals surface area contributed by atoms with Crippen LogP contribution in [0.25, 0.3) is 0 Å². The van der Waals surface area contributed by atoms with Crippen LogP contribution in [0.5, 0.6) is 0 Å². The molecule has 1 atom stereocenters. The highest BCUT2D eigenvalue weighted by molar-refractivity contribution is 7.90. The predicted molar refractivity (Wildman–Crippen MR) is 99.9 cm³/mol. The number of amidine groups is 1. The Kier molecular flexibility index (Phi) is 5.12. The van der Waals surface area contributed by atoms with Gasteiger partial charge in [-0.05, 0) is 25.0 Å². The number of rotatable bonds is 3. The van der Waals surface area contributed by atoms with Crippen LogP contribution in [-0.4, -0.2) is 50.6 Å². The number of likely N-dealkylation sites (tertiary alicyclic amines) is 1. The topological polar surface area (TPSA) is 93.1 Å². The van der Waals surface area contributed by atoms with Gasteiger partial charge in [0.1, 0.15) is 4.90 Å². The zero-order valence-corrected chi connectivity index (χ0v) is 16.6. The lowest BCUT2D eigenvalue weighted by Gasteiger charge is -2.33. The fraction of sp³-hybridized carbons (Fsp3) is 0.526. The highest BCUT2D eigenvalue weighted by atomic mass is 32.2. The van der Waals surface area contributed by atoms with E-state index in [1.807, 2.05) is 4.90 Å². The van der Waals surface area contributed by atoms with Crippen molar-refractivity contribution in [3.05, 3.63) is 29.8 Å². The van der Waals surface area contributed by atoms with Crippen LogP contribution in [0.4, 0.5) is 0 Å². The molecule has 2 aliphatic rings. The second kappa shape index (κ2) is 7.07. The summed E-state index contributed by atoms with van der Waals surface area (Å²) in [5.74, 6) is -0.589. The fourth-order valence-corrected chi connectivity index (χ4v) is 4.38. The average molecular weight is 392 g/mol. The molecule has 8 heteroatoms. The SMILES string of the molecule is CC(C)(C)C(=O)COC(=O)C1CCCN(C2=NS(=O)(=O)c3ccccc32)C1. The van der Waals surface area contributed by atoms with E-state index >= 15 is 0 Å². The van der Waals surface area contributed by atoms with Gasteiger partial charge in [-0.2, -0.15) is 8.42 Å². The minimum atomic E-state index is -3.69. The molecule has 0 N–H and O–H groups in total. The number of ketones is 1. The molecule has 7 nitrogen and oxygen atoms in total. The van der Waals surface area contributed by atoms with E-state index in [4.69, 9.17) is 4.74 Å². The van der Waals surface area contributed by atoms with E-state index in [0.29, 0.717) is 37.3 Å². The second-order valence-electron chi connectivity index (χ2n) is 7.95. The lowest BCUT2D eigenvalue weighted by molar-refractivity contribution is -0.155. The molecular formula is C19H24N2O5S. The van der Waals surface area contributed by atoms with Crippen LogP contribution in [0, 0.1) is 11.3 Å². The van der Waals surface area contributed by atoms with Crippen molar-refractivity contribution in [1.29, 1.82) is 0 Å². The molecule has 0 aliphatic carbocycles. The Morgan fingerprint density at radius 2 is 1.96 bits per heavy atom. The van der Waals surface area contributed by atoms with Gasteiger partial charge in [0.05, 0.1) is 5.92 Å². The highest BCUT2D eigenvalue weighted by Gasteiger charge is 2.36. The maximum absolute atomic E-state index is 12.4. The Morgan fingerprint density at radius 3 is 2.67 bits per heavy atom. The largest absolute Gasteiger partial charge is 0.457 e. The third-order valence-electron chi connectivity index (χ3n) is 4.85. The van der Waals surface area contributed by atoms with E-state index < -0.39 is 27.3 Å². The van der Waals surface area contributed by atoms with Crippen molar-refractivity contribution < 1.29 is 22.7 Å². The minimum absolute atomic E-state index is 0.135. The summed E-state index contributed by atoms with van der Waals surface area (Å²) in [6, 6.07) is 6.69. The number of fused-ring (bicyclic) bond motifs is 1. The third-order valence-corrected chi connectivity index (χ3v) is 6.17. The van der Waals surface area contributed by atoms with Crippen LogP contribution in [0.1, 0.15) is 39.2 Å². The molecule has 0 aromatic heterocycles. The van der Waals surface area contributed by atoms with E-state index in [-0.39, 0.29) is 17.3 Å². The van der Waals surface area contributed by atoms with E-state index in [1.165, 1.54) is 6.07 Å². The number of hydrogen-bond donors (Lipinski definition) is 0. The molecule has 0 amide bonds. The molecule has 27 heavy (non-hydrogen) atoms. The molecule has 2 aliphatic heterocycles. The zero-order valence-electron chi connectivity index (χ0n) is 15.8. The van der Waals surface area contributed by atoms with E-state index in [1.54, 1.807) is 39.0 Å². The lowest BCUT2D eigenvalue weighted by atomic mass is 9.91. The monoisotopic (exact) mass is 392 g/mol. The molecule has 1 aromatic rings. The molecule has 1 unspecified atom stereocenters. The number of ether oxygens (including phenoxy) is 1. The first-order valence-electron chi connectivity index (χ1n) is 8.99. The molecule has 3 rings (SSSR count). The Balaban J connectivity index is 1.70. The summed E-state index contributed by atoms with van der Waals surface area (Å²) in [5, 5.41) is 0. The molecular weight excluding hydrogens is 368 g/mol. The number of piperidine rings is 1. The standard InChI is InChI=1S/C19H24N2O5S/c1-19(2,3)16(22)12-26-18(23)13-7-6-10-21(11-13)17-14-8-4-5-9-15(14)27(24,25)20-17/h4-5,8-9,13H,6-7,10-12H2,1-3H3. The molecule has 2 heterocycles. The van der Waals surface area contributed by atoms with Gasteiger partial charge in [-0.3, -0.25) is 9.59 Å². The summed E-state index contributed by atoms with van der Waals surface area (Å²) in [6.07, 6.45) is 1.36. The number of sulfonamides is 1. The average Bonchev–Trinajstić information content (AvgIpc) is 2.90. The first-order chi connectivity index (χ1) is 12.6. The van der Waals surface area contributed by atoms with Crippen LogP contribution in [0.2, 0.25) is 0 Å². The Labute approximate surface area is 159 Å². The number of Topliss-reactive ketones (excluding diaryl/α,β-unsaturated/α-hetero) is 1. The molecule has 0 bridgehead atoms.